The van der Waals surface area contributed by atoms with Gasteiger partial charge in [0, 0.05) is 12.5 Å². The predicted molar refractivity (Wildman–Crippen MR) is 131 cm³/mol. The molecule has 2 atom stereocenters. The Morgan fingerprint density at radius 1 is 1.03 bits per heavy atom. The number of likely N-dealkylation sites (tertiary alicyclic amines) is 1. The van der Waals surface area contributed by atoms with Crippen LogP contribution in [0.1, 0.15) is 17.5 Å². The van der Waals surface area contributed by atoms with Crippen LogP contribution in [-0.4, -0.2) is 47.8 Å². The number of hydrogen-bond acceptors (Lipinski definition) is 6. The first-order valence-corrected chi connectivity index (χ1v) is 11.6. The predicted octanol–water partition coefficient (Wildman–Crippen LogP) is 5.22. The molecule has 2 N–H and O–H groups in total. The molecule has 1 saturated heterocycles. The molecule has 0 saturated carbocycles. The number of rotatable bonds is 7. The second-order valence-corrected chi connectivity index (χ2v) is 8.57. The van der Waals surface area contributed by atoms with Crippen molar-refractivity contribution in [3.05, 3.63) is 83.9 Å². The van der Waals surface area contributed by atoms with Crippen molar-refractivity contribution in [2.75, 3.05) is 19.0 Å². The number of carbonyl (C=O) groups is 2. The maximum absolute atomic E-state index is 13.1. The number of β-amino-alcohol motifs (C(OH)–C–C–N with tert-alkyl or cyclic N) is 1. The average Bonchev–Trinajstić information content (AvgIpc) is 3.30. The van der Waals surface area contributed by atoms with E-state index in [4.69, 9.17) is 14.2 Å². The van der Waals surface area contributed by atoms with Crippen molar-refractivity contribution in [2.45, 2.75) is 31.3 Å². The summed E-state index contributed by atoms with van der Waals surface area (Å²) in [6.07, 6.45) is -6.11. The van der Waals surface area contributed by atoms with Gasteiger partial charge >= 0.3 is 12.3 Å². The molecule has 2 unspecified atom stereocenters. The first kappa shape index (κ1) is 26.8. The van der Waals surface area contributed by atoms with Gasteiger partial charge in [-0.2, -0.15) is 13.2 Å². The lowest BCUT2D eigenvalue weighted by Gasteiger charge is -2.23. The van der Waals surface area contributed by atoms with Gasteiger partial charge in [-0.3, -0.25) is 9.69 Å². The lowest BCUT2D eigenvalue weighted by Crippen LogP contribution is -2.43. The smallest absolute Gasteiger partial charge is 0.416 e. The fourth-order valence-electron chi connectivity index (χ4n) is 3.98. The molecule has 2 amide bonds. The lowest BCUT2D eigenvalue weighted by molar-refractivity contribution is -0.137. The quantitative estimate of drug-likeness (QED) is 0.435. The highest BCUT2D eigenvalue weighted by molar-refractivity contribution is 5.98. The summed E-state index contributed by atoms with van der Waals surface area (Å²) in [7, 11) is 1.40. The molecule has 1 aliphatic rings. The van der Waals surface area contributed by atoms with Crippen molar-refractivity contribution in [1.82, 2.24) is 4.90 Å². The summed E-state index contributed by atoms with van der Waals surface area (Å²) in [5.74, 6) is 0.0937. The van der Waals surface area contributed by atoms with Crippen LogP contribution in [0, 0.1) is 0 Å². The molecule has 3 aromatic carbocycles. The lowest BCUT2D eigenvalue weighted by atomic mass is 10.1. The molecule has 38 heavy (non-hydrogen) atoms. The van der Waals surface area contributed by atoms with Gasteiger partial charge in [-0.15, -0.1) is 0 Å². The van der Waals surface area contributed by atoms with Crippen LogP contribution >= 0.6 is 0 Å². The first-order valence-electron chi connectivity index (χ1n) is 11.6. The summed E-state index contributed by atoms with van der Waals surface area (Å²) in [6, 6.07) is 16.7. The number of carbonyl (C=O) groups excluding carboxylic acids is 2. The zero-order chi connectivity index (χ0) is 27.3. The van der Waals surface area contributed by atoms with E-state index < -0.39 is 35.9 Å². The van der Waals surface area contributed by atoms with Gasteiger partial charge in [-0.25, -0.2) is 4.79 Å². The van der Waals surface area contributed by atoms with Crippen LogP contribution < -0.4 is 14.8 Å². The molecule has 8 nitrogen and oxygen atoms in total. The van der Waals surface area contributed by atoms with E-state index in [2.05, 4.69) is 5.32 Å². The number of benzene rings is 3. The molecule has 1 heterocycles. The summed E-state index contributed by atoms with van der Waals surface area (Å²) < 4.78 is 54.7. The number of hydrogen-bond donors (Lipinski definition) is 2. The Balaban J connectivity index is 1.45. The molecule has 11 heteroatoms. The number of amides is 2. The number of aliphatic hydroxyl groups is 1. The molecule has 4 rings (SSSR count). The summed E-state index contributed by atoms with van der Waals surface area (Å²) in [5.41, 5.74) is 0.176. The Kier molecular flexibility index (Phi) is 8.06. The van der Waals surface area contributed by atoms with Crippen molar-refractivity contribution >= 4 is 17.7 Å². The van der Waals surface area contributed by atoms with Crippen molar-refractivity contribution in [3.8, 4) is 17.2 Å². The molecule has 1 aliphatic heterocycles. The van der Waals surface area contributed by atoms with Crippen LogP contribution in [-0.2, 0) is 22.3 Å². The highest BCUT2D eigenvalue weighted by Gasteiger charge is 2.40. The third kappa shape index (κ3) is 6.54. The van der Waals surface area contributed by atoms with Crippen LogP contribution in [0.5, 0.6) is 17.2 Å². The number of methoxy groups -OCH3 is 1. The number of halogens is 3. The molecular formula is C27H25F3N2O6. The summed E-state index contributed by atoms with van der Waals surface area (Å²) in [6.45, 7) is -0.0579. The van der Waals surface area contributed by atoms with Gasteiger partial charge in [0.25, 0.3) is 0 Å². The molecule has 200 valence electrons. The molecule has 0 bridgehead atoms. The third-order valence-electron chi connectivity index (χ3n) is 5.87. The largest absolute Gasteiger partial charge is 0.495 e. The number of nitrogens with one attached hydrogen (secondary N) is 1. The Bertz CT molecular complexity index is 1270. The second-order valence-electron chi connectivity index (χ2n) is 8.57. The SMILES string of the molecule is COc1ccc(Oc2ccc(C(F)(F)F)cc2)cc1NC(=O)C1CC(O)CN1C(=O)OCc1ccccc1. The standard InChI is InChI=1S/C27H25F3N2O6/c1-36-24-12-11-21(38-20-9-7-18(8-10-20)27(28,29)30)14-22(24)31-25(34)23-13-19(33)15-32(23)26(35)37-16-17-5-3-2-4-6-17/h2-12,14,19,23,33H,13,15-16H2,1H3,(H,31,34). The van der Waals surface area contributed by atoms with E-state index in [0.717, 1.165) is 22.6 Å². The molecule has 0 aromatic heterocycles. The molecule has 0 aliphatic carbocycles. The monoisotopic (exact) mass is 530 g/mol. The van der Waals surface area contributed by atoms with Crippen LogP contribution in [0.2, 0.25) is 0 Å². The van der Waals surface area contributed by atoms with E-state index in [0.29, 0.717) is 0 Å². The number of nitrogens with zero attached hydrogens (tertiary/aromatic N) is 1. The second kappa shape index (κ2) is 11.4. The van der Waals surface area contributed by atoms with Crippen LogP contribution in [0.4, 0.5) is 23.7 Å². The molecular weight excluding hydrogens is 505 g/mol. The average molecular weight is 530 g/mol. The Labute approximate surface area is 216 Å². The van der Waals surface area contributed by atoms with E-state index in [1.807, 2.05) is 18.2 Å². The zero-order valence-corrected chi connectivity index (χ0v) is 20.3. The molecule has 0 spiro atoms. The minimum atomic E-state index is -4.47. The maximum atomic E-state index is 13.1. The topological polar surface area (TPSA) is 97.3 Å². The highest BCUT2D eigenvalue weighted by atomic mass is 19.4. The van der Waals surface area contributed by atoms with Crippen molar-refractivity contribution in [2.24, 2.45) is 0 Å². The molecule has 0 radical (unpaired) electrons. The Morgan fingerprint density at radius 3 is 2.37 bits per heavy atom. The normalized spacial score (nSPS) is 17.1. The minimum Gasteiger partial charge on any atom is -0.495 e. The van der Waals surface area contributed by atoms with E-state index in [1.165, 1.54) is 37.4 Å². The van der Waals surface area contributed by atoms with Crippen LogP contribution in [0.3, 0.4) is 0 Å². The molecule has 3 aromatic rings. The van der Waals surface area contributed by atoms with E-state index in [1.54, 1.807) is 12.1 Å². The third-order valence-corrected chi connectivity index (χ3v) is 5.87. The summed E-state index contributed by atoms with van der Waals surface area (Å²) >= 11 is 0. The van der Waals surface area contributed by atoms with Gasteiger partial charge in [0.05, 0.1) is 31.0 Å². The van der Waals surface area contributed by atoms with Gasteiger partial charge in [-0.1, -0.05) is 30.3 Å². The van der Waals surface area contributed by atoms with Crippen molar-refractivity contribution < 1.29 is 42.1 Å². The van der Waals surface area contributed by atoms with Gasteiger partial charge in [0.2, 0.25) is 5.91 Å². The van der Waals surface area contributed by atoms with Crippen LogP contribution in [0.15, 0.2) is 72.8 Å². The fraction of sp³-hybridized carbons (Fsp3) is 0.259. The number of ether oxygens (including phenoxy) is 3. The maximum Gasteiger partial charge on any atom is 0.416 e. The van der Waals surface area contributed by atoms with Crippen molar-refractivity contribution in [3.63, 3.8) is 0 Å². The zero-order valence-electron chi connectivity index (χ0n) is 20.3. The minimum absolute atomic E-state index is 0.0102. The summed E-state index contributed by atoms with van der Waals surface area (Å²) in [5, 5.41) is 12.8. The van der Waals surface area contributed by atoms with E-state index in [-0.39, 0.29) is 42.5 Å². The van der Waals surface area contributed by atoms with Gasteiger partial charge in [-0.05, 0) is 42.0 Å². The van der Waals surface area contributed by atoms with Gasteiger partial charge in [0.1, 0.15) is 29.9 Å². The number of aliphatic hydroxyl groups excluding tert-OH is 1. The van der Waals surface area contributed by atoms with Crippen molar-refractivity contribution in [1.29, 1.82) is 0 Å². The van der Waals surface area contributed by atoms with E-state index in [9.17, 15) is 27.9 Å². The Hall–Kier alpha value is -4.25. The highest BCUT2D eigenvalue weighted by Crippen LogP contribution is 2.34. The number of alkyl halides is 3. The summed E-state index contributed by atoms with van der Waals surface area (Å²) in [4.78, 5) is 27.0. The first-order chi connectivity index (χ1) is 18.1. The number of anilines is 1. The molecule has 1 fully saturated rings. The van der Waals surface area contributed by atoms with Gasteiger partial charge < -0.3 is 24.6 Å². The Morgan fingerprint density at radius 2 is 1.71 bits per heavy atom. The van der Waals surface area contributed by atoms with E-state index >= 15 is 0 Å². The van der Waals surface area contributed by atoms with Crippen LogP contribution in [0.25, 0.3) is 0 Å². The van der Waals surface area contributed by atoms with Gasteiger partial charge in [0.15, 0.2) is 0 Å². The fourth-order valence-corrected chi connectivity index (χ4v) is 3.98.